The molecule has 0 unspecified atom stereocenters. The van der Waals surface area contributed by atoms with Gasteiger partial charge < -0.3 is 5.73 Å². The molecule has 0 aliphatic heterocycles. The second kappa shape index (κ2) is 6.70. The first-order valence-corrected chi connectivity index (χ1v) is 6.88. The molecule has 0 amide bonds. The zero-order chi connectivity index (χ0) is 14.5. The van der Waals surface area contributed by atoms with E-state index in [9.17, 15) is 0 Å². The van der Waals surface area contributed by atoms with Crippen molar-refractivity contribution in [3.05, 3.63) is 69.7 Å². The van der Waals surface area contributed by atoms with Crippen molar-refractivity contribution in [2.75, 3.05) is 0 Å². The number of thiocarbonyl (C=S) groups is 1. The molecule has 0 heterocycles. The SMILES string of the molecule is NC(=S)N/N=C(/c1ccccc1)c1ccc(Cl)c(Cl)c1. The summed E-state index contributed by atoms with van der Waals surface area (Å²) in [5.41, 5.74) is 10.4. The van der Waals surface area contributed by atoms with Gasteiger partial charge in [0.15, 0.2) is 5.11 Å². The average molecular weight is 324 g/mol. The van der Waals surface area contributed by atoms with E-state index in [1.165, 1.54) is 0 Å². The van der Waals surface area contributed by atoms with Crippen LogP contribution in [0.15, 0.2) is 53.6 Å². The molecule has 2 aromatic rings. The number of rotatable bonds is 3. The minimum absolute atomic E-state index is 0.0958. The highest BCUT2D eigenvalue weighted by molar-refractivity contribution is 7.80. The Hall–Kier alpha value is -1.62. The van der Waals surface area contributed by atoms with Crippen LogP contribution in [0.3, 0.4) is 0 Å². The summed E-state index contributed by atoms with van der Waals surface area (Å²) in [6, 6.07) is 14.9. The molecule has 6 heteroatoms. The summed E-state index contributed by atoms with van der Waals surface area (Å²) in [4.78, 5) is 0. The summed E-state index contributed by atoms with van der Waals surface area (Å²) < 4.78 is 0. The third kappa shape index (κ3) is 3.70. The third-order valence-electron chi connectivity index (χ3n) is 2.52. The molecule has 0 aromatic heterocycles. The number of halogens is 2. The molecule has 0 saturated heterocycles. The summed E-state index contributed by atoms with van der Waals surface area (Å²) in [7, 11) is 0. The molecule has 2 aromatic carbocycles. The van der Waals surface area contributed by atoms with E-state index < -0.39 is 0 Å². The number of nitrogens with zero attached hydrogens (tertiary/aromatic N) is 1. The van der Waals surface area contributed by atoms with E-state index in [2.05, 4.69) is 10.5 Å². The van der Waals surface area contributed by atoms with Crippen LogP contribution < -0.4 is 11.2 Å². The molecule has 0 radical (unpaired) electrons. The Balaban J connectivity index is 2.48. The van der Waals surface area contributed by atoms with Crippen LogP contribution in [0.25, 0.3) is 0 Å². The van der Waals surface area contributed by atoms with Crippen molar-refractivity contribution in [1.29, 1.82) is 0 Å². The van der Waals surface area contributed by atoms with Crippen LogP contribution in [0.4, 0.5) is 0 Å². The van der Waals surface area contributed by atoms with Crippen molar-refractivity contribution in [1.82, 2.24) is 5.43 Å². The summed E-state index contributed by atoms with van der Waals surface area (Å²) >= 11 is 16.8. The lowest BCUT2D eigenvalue weighted by Gasteiger charge is -2.09. The predicted octanol–water partition coefficient (Wildman–Crippen LogP) is 3.58. The molecule has 102 valence electrons. The van der Waals surface area contributed by atoms with E-state index in [1.807, 2.05) is 36.4 Å². The molecule has 0 aliphatic rings. The Kier molecular flexibility index (Phi) is 4.95. The molecule has 0 aliphatic carbocycles. The van der Waals surface area contributed by atoms with Crippen LogP contribution in [0.1, 0.15) is 11.1 Å². The smallest absolute Gasteiger partial charge is 0.184 e. The Morgan fingerprint density at radius 1 is 1.00 bits per heavy atom. The second-order valence-corrected chi connectivity index (χ2v) is 5.19. The second-order valence-electron chi connectivity index (χ2n) is 3.93. The zero-order valence-electron chi connectivity index (χ0n) is 10.3. The minimum Gasteiger partial charge on any atom is -0.375 e. The zero-order valence-corrected chi connectivity index (χ0v) is 12.6. The molecule has 20 heavy (non-hydrogen) atoms. The molecule has 0 spiro atoms. The highest BCUT2D eigenvalue weighted by Crippen LogP contribution is 2.24. The Bertz CT molecular complexity index is 657. The predicted molar refractivity (Wildman–Crippen MR) is 88.5 cm³/mol. The molecular formula is C14H11Cl2N3S. The van der Waals surface area contributed by atoms with E-state index in [4.69, 9.17) is 41.2 Å². The van der Waals surface area contributed by atoms with Gasteiger partial charge in [0.25, 0.3) is 0 Å². The molecule has 0 atom stereocenters. The van der Waals surface area contributed by atoms with E-state index >= 15 is 0 Å². The molecule has 0 bridgehead atoms. The normalized spacial score (nSPS) is 11.2. The Labute approximate surface area is 132 Å². The molecule has 0 fully saturated rings. The van der Waals surface area contributed by atoms with Crippen LogP contribution in [0, 0.1) is 0 Å². The number of hydrogen-bond acceptors (Lipinski definition) is 2. The van der Waals surface area contributed by atoms with Gasteiger partial charge in [0.2, 0.25) is 0 Å². The number of hydrazone groups is 1. The monoisotopic (exact) mass is 323 g/mol. The van der Waals surface area contributed by atoms with Gasteiger partial charge in [-0.15, -0.1) is 0 Å². The van der Waals surface area contributed by atoms with Crippen molar-refractivity contribution in [2.24, 2.45) is 10.8 Å². The number of nitrogens with two attached hydrogens (primary N) is 1. The fraction of sp³-hybridized carbons (Fsp3) is 0. The first-order chi connectivity index (χ1) is 9.58. The highest BCUT2D eigenvalue weighted by atomic mass is 35.5. The summed E-state index contributed by atoms with van der Waals surface area (Å²) in [5, 5.41) is 5.28. The molecule has 3 N–H and O–H groups in total. The van der Waals surface area contributed by atoms with Gasteiger partial charge in [-0.3, -0.25) is 5.43 Å². The van der Waals surface area contributed by atoms with Crippen LogP contribution in [0.2, 0.25) is 10.0 Å². The maximum atomic E-state index is 6.05. The molecular weight excluding hydrogens is 313 g/mol. The van der Waals surface area contributed by atoms with E-state index in [0.717, 1.165) is 11.1 Å². The maximum absolute atomic E-state index is 6.05. The molecule has 3 nitrogen and oxygen atoms in total. The number of hydrogen-bond donors (Lipinski definition) is 2. The van der Waals surface area contributed by atoms with E-state index in [-0.39, 0.29) is 5.11 Å². The van der Waals surface area contributed by atoms with Gasteiger partial charge in [0, 0.05) is 11.1 Å². The van der Waals surface area contributed by atoms with Gasteiger partial charge in [0.1, 0.15) is 0 Å². The standard InChI is InChI=1S/C14H11Cl2N3S/c15-11-7-6-10(8-12(11)16)13(18-19-14(17)20)9-4-2-1-3-5-9/h1-8H,(H3,17,19,20)/b18-13-. The highest BCUT2D eigenvalue weighted by Gasteiger charge is 2.09. The number of benzene rings is 2. The fourth-order valence-electron chi connectivity index (χ4n) is 1.65. The van der Waals surface area contributed by atoms with Gasteiger partial charge in [0.05, 0.1) is 15.8 Å². The van der Waals surface area contributed by atoms with Crippen LogP contribution in [-0.2, 0) is 0 Å². The van der Waals surface area contributed by atoms with Crippen LogP contribution in [-0.4, -0.2) is 10.8 Å². The van der Waals surface area contributed by atoms with Crippen molar-refractivity contribution >= 4 is 46.2 Å². The van der Waals surface area contributed by atoms with Crippen molar-refractivity contribution in [3.63, 3.8) is 0 Å². The topological polar surface area (TPSA) is 50.4 Å². The Morgan fingerprint density at radius 2 is 1.70 bits per heavy atom. The Morgan fingerprint density at radius 3 is 2.30 bits per heavy atom. The van der Waals surface area contributed by atoms with Crippen LogP contribution >= 0.6 is 35.4 Å². The van der Waals surface area contributed by atoms with E-state index in [0.29, 0.717) is 15.8 Å². The van der Waals surface area contributed by atoms with Gasteiger partial charge in [-0.05, 0) is 24.4 Å². The fourth-order valence-corrected chi connectivity index (χ4v) is 1.99. The summed E-state index contributed by atoms with van der Waals surface area (Å²) in [6.45, 7) is 0. The summed E-state index contributed by atoms with van der Waals surface area (Å²) in [5.74, 6) is 0. The lowest BCUT2D eigenvalue weighted by molar-refractivity contribution is 1.03. The quantitative estimate of drug-likeness (QED) is 0.515. The average Bonchev–Trinajstić information content (AvgIpc) is 2.44. The van der Waals surface area contributed by atoms with Gasteiger partial charge in [-0.1, -0.05) is 59.6 Å². The molecule has 0 saturated carbocycles. The van der Waals surface area contributed by atoms with Crippen LogP contribution in [0.5, 0.6) is 0 Å². The van der Waals surface area contributed by atoms with Crippen molar-refractivity contribution < 1.29 is 0 Å². The largest absolute Gasteiger partial charge is 0.375 e. The van der Waals surface area contributed by atoms with Crippen molar-refractivity contribution in [2.45, 2.75) is 0 Å². The van der Waals surface area contributed by atoms with Gasteiger partial charge in [-0.25, -0.2) is 0 Å². The summed E-state index contributed by atoms with van der Waals surface area (Å²) in [6.07, 6.45) is 0. The van der Waals surface area contributed by atoms with Gasteiger partial charge >= 0.3 is 0 Å². The van der Waals surface area contributed by atoms with Crippen molar-refractivity contribution in [3.8, 4) is 0 Å². The third-order valence-corrected chi connectivity index (χ3v) is 3.35. The first-order valence-electron chi connectivity index (χ1n) is 5.72. The number of nitrogens with one attached hydrogen (secondary N) is 1. The van der Waals surface area contributed by atoms with Gasteiger partial charge in [-0.2, -0.15) is 5.10 Å². The lowest BCUT2D eigenvalue weighted by Crippen LogP contribution is -2.26. The lowest BCUT2D eigenvalue weighted by atomic mass is 10.0. The van der Waals surface area contributed by atoms with E-state index in [1.54, 1.807) is 12.1 Å². The first kappa shape index (κ1) is 14.8. The maximum Gasteiger partial charge on any atom is 0.184 e. The minimum atomic E-state index is 0.0958. The molecule has 2 rings (SSSR count).